The second-order valence-corrected chi connectivity index (χ2v) is 6.09. The zero-order valence-corrected chi connectivity index (χ0v) is 12.7. The van der Waals surface area contributed by atoms with Crippen LogP contribution in [-0.2, 0) is 19.9 Å². The van der Waals surface area contributed by atoms with Crippen LogP contribution in [0.2, 0.25) is 5.02 Å². The van der Waals surface area contributed by atoms with E-state index in [-0.39, 0.29) is 5.91 Å². The Morgan fingerprint density at radius 3 is 2.57 bits per heavy atom. The molecule has 0 saturated carbocycles. The molecule has 1 aliphatic heterocycles. The van der Waals surface area contributed by atoms with Crippen molar-refractivity contribution in [1.82, 2.24) is 5.32 Å². The Morgan fingerprint density at radius 1 is 1.33 bits per heavy atom. The van der Waals surface area contributed by atoms with Gasteiger partial charge in [-0.3, -0.25) is 4.79 Å². The summed E-state index contributed by atoms with van der Waals surface area (Å²) in [7, 11) is 0. The topological polar surface area (TPSA) is 75.6 Å². The summed E-state index contributed by atoms with van der Waals surface area (Å²) in [6.45, 7) is 3.72. The van der Waals surface area contributed by atoms with E-state index in [1.54, 1.807) is 12.1 Å². The number of carbonyl (C=O) groups excluding carboxylic acids is 1. The molecule has 0 unspecified atom stereocenters. The molecule has 21 heavy (non-hydrogen) atoms. The first-order valence-corrected chi connectivity index (χ1v) is 7.14. The predicted octanol–water partition coefficient (Wildman–Crippen LogP) is 2.32. The molecular formula is C15H18ClNO4. The van der Waals surface area contributed by atoms with Crippen LogP contribution < -0.4 is 5.32 Å². The minimum Gasteiger partial charge on any atom is -0.479 e. The average Bonchev–Trinajstić information content (AvgIpc) is 2.88. The van der Waals surface area contributed by atoms with E-state index >= 15 is 0 Å². The summed E-state index contributed by atoms with van der Waals surface area (Å²) in [5.74, 6) is -1.33. The fourth-order valence-electron chi connectivity index (χ4n) is 2.35. The van der Waals surface area contributed by atoms with E-state index in [0.29, 0.717) is 17.9 Å². The van der Waals surface area contributed by atoms with Crippen LogP contribution in [0.4, 0.5) is 0 Å². The van der Waals surface area contributed by atoms with E-state index in [9.17, 15) is 9.59 Å². The van der Waals surface area contributed by atoms with Gasteiger partial charge >= 0.3 is 5.97 Å². The molecule has 0 radical (unpaired) electrons. The second kappa shape index (κ2) is 6.03. The number of carbonyl (C=O) groups is 2. The number of ether oxygens (including phenoxy) is 1. The summed E-state index contributed by atoms with van der Waals surface area (Å²) in [5.41, 5.74) is 0.253. The van der Waals surface area contributed by atoms with Crippen molar-refractivity contribution >= 4 is 23.5 Å². The Hall–Kier alpha value is -1.59. The zero-order valence-electron chi connectivity index (χ0n) is 11.9. The molecule has 1 saturated heterocycles. The lowest BCUT2D eigenvalue weighted by atomic mass is 9.94. The number of carboxylic acid groups (broad SMARTS) is 1. The summed E-state index contributed by atoms with van der Waals surface area (Å²) >= 11 is 5.97. The number of hydrogen-bond acceptors (Lipinski definition) is 3. The maximum absolute atomic E-state index is 12.2. The molecule has 2 atom stereocenters. The normalized spacial score (nSPS) is 22.0. The van der Waals surface area contributed by atoms with E-state index in [4.69, 9.17) is 21.4 Å². The maximum Gasteiger partial charge on any atom is 0.332 e. The molecule has 0 aromatic heterocycles. The third kappa shape index (κ3) is 3.74. The van der Waals surface area contributed by atoms with Crippen LogP contribution in [-0.4, -0.2) is 29.2 Å². The van der Waals surface area contributed by atoms with Gasteiger partial charge in [0.05, 0.1) is 5.54 Å². The lowest BCUT2D eigenvalue weighted by Gasteiger charge is -2.28. The molecule has 1 fully saturated rings. The van der Waals surface area contributed by atoms with Gasteiger partial charge in [-0.1, -0.05) is 23.7 Å². The Bertz CT molecular complexity index is 558. The highest BCUT2D eigenvalue weighted by molar-refractivity contribution is 6.30. The minimum atomic E-state index is -1.03. The fraction of sp³-hybridized carbons (Fsp3) is 0.467. The zero-order chi connectivity index (χ0) is 15.6. The van der Waals surface area contributed by atoms with Gasteiger partial charge < -0.3 is 15.2 Å². The molecule has 1 aliphatic rings. The fourth-order valence-corrected chi connectivity index (χ4v) is 2.54. The van der Waals surface area contributed by atoms with Crippen molar-refractivity contribution in [2.45, 2.75) is 44.4 Å². The van der Waals surface area contributed by atoms with Crippen LogP contribution in [0, 0.1) is 0 Å². The van der Waals surface area contributed by atoms with Crippen LogP contribution in [0.5, 0.6) is 0 Å². The van der Waals surface area contributed by atoms with Crippen molar-refractivity contribution in [3.63, 3.8) is 0 Å². The monoisotopic (exact) mass is 311 g/mol. The van der Waals surface area contributed by atoms with Crippen molar-refractivity contribution in [1.29, 1.82) is 0 Å². The van der Waals surface area contributed by atoms with Crippen molar-refractivity contribution < 1.29 is 19.4 Å². The molecule has 0 spiro atoms. The van der Waals surface area contributed by atoms with Gasteiger partial charge in [0.15, 0.2) is 6.10 Å². The third-order valence-electron chi connectivity index (χ3n) is 3.57. The van der Waals surface area contributed by atoms with E-state index < -0.39 is 23.7 Å². The van der Waals surface area contributed by atoms with Gasteiger partial charge in [0.1, 0.15) is 6.10 Å². The van der Waals surface area contributed by atoms with Crippen molar-refractivity contribution in [2.24, 2.45) is 0 Å². The standard InChI is InChI=1S/C15H18ClNO4/c1-15(2,9-4-3-5-10(16)8-9)17-13(18)11-6-7-12(21-11)14(19)20/h3-5,8,11-12H,6-7H2,1-2H3,(H,17,18)(H,19,20)/t11-,12+/m0/s1. The first-order chi connectivity index (χ1) is 9.79. The molecule has 1 heterocycles. The summed E-state index contributed by atoms with van der Waals surface area (Å²) in [6.07, 6.45) is -0.848. The van der Waals surface area contributed by atoms with Gasteiger partial charge in [-0.25, -0.2) is 4.79 Å². The number of amides is 1. The molecule has 114 valence electrons. The number of hydrogen-bond donors (Lipinski definition) is 2. The maximum atomic E-state index is 12.2. The van der Waals surface area contributed by atoms with Gasteiger partial charge in [-0.05, 0) is 44.4 Å². The molecule has 0 bridgehead atoms. The van der Waals surface area contributed by atoms with Gasteiger partial charge in [0.25, 0.3) is 0 Å². The Balaban J connectivity index is 2.03. The Kier molecular flexibility index (Phi) is 4.54. The van der Waals surface area contributed by atoms with Crippen LogP contribution in [0.15, 0.2) is 24.3 Å². The summed E-state index contributed by atoms with van der Waals surface area (Å²) in [4.78, 5) is 23.1. The van der Waals surface area contributed by atoms with E-state index in [0.717, 1.165) is 5.56 Å². The van der Waals surface area contributed by atoms with Gasteiger partial charge in [0, 0.05) is 5.02 Å². The summed E-state index contributed by atoms with van der Waals surface area (Å²) in [5, 5.41) is 12.4. The number of aliphatic carboxylic acids is 1. The molecule has 1 amide bonds. The Labute approximate surface area is 128 Å². The molecule has 6 heteroatoms. The van der Waals surface area contributed by atoms with Crippen LogP contribution in [0.1, 0.15) is 32.3 Å². The first kappa shape index (κ1) is 15.8. The molecule has 2 rings (SSSR count). The third-order valence-corrected chi connectivity index (χ3v) is 3.80. The van der Waals surface area contributed by atoms with Crippen LogP contribution in [0.25, 0.3) is 0 Å². The highest BCUT2D eigenvalue weighted by Gasteiger charge is 2.36. The SMILES string of the molecule is CC(C)(NC(=O)[C@@H]1CC[C@H](C(=O)O)O1)c1cccc(Cl)c1. The number of carboxylic acids is 1. The van der Waals surface area contributed by atoms with Gasteiger partial charge in [-0.15, -0.1) is 0 Å². The molecule has 0 aliphatic carbocycles. The largest absolute Gasteiger partial charge is 0.479 e. The molecule has 2 N–H and O–H groups in total. The molecule has 1 aromatic carbocycles. The van der Waals surface area contributed by atoms with E-state index in [1.165, 1.54) is 0 Å². The summed E-state index contributed by atoms with van der Waals surface area (Å²) in [6, 6.07) is 7.25. The number of nitrogens with one attached hydrogen (secondary N) is 1. The molecule has 1 aromatic rings. The predicted molar refractivity (Wildman–Crippen MR) is 78.2 cm³/mol. The molecule has 5 nitrogen and oxygen atoms in total. The quantitative estimate of drug-likeness (QED) is 0.895. The second-order valence-electron chi connectivity index (χ2n) is 5.65. The number of rotatable bonds is 4. The summed E-state index contributed by atoms with van der Waals surface area (Å²) < 4.78 is 5.25. The van der Waals surface area contributed by atoms with Crippen LogP contribution in [0.3, 0.4) is 0 Å². The van der Waals surface area contributed by atoms with Crippen molar-refractivity contribution in [3.05, 3.63) is 34.9 Å². The van der Waals surface area contributed by atoms with E-state index in [1.807, 2.05) is 26.0 Å². The lowest BCUT2D eigenvalue weighted by molar-refractivity contribution is -0.152. The highest BCUT2D eigenvalue weighted by Crippen LogP contribution is 2.25. The highest BCUT2D eigenvalue weighted by atomic mass is 35.5. The Morgan fingerprint density at radius 2 is 2.00 bits per heavy atom. The van der Waals surface area contributed by atoms with Crippen molar-refractivity contribution in [2.75, 3.05) is 0 Å². The smallest absolute Gasteiger partial charge is 0.332 e. The first-order valence-electron chi connectivity index (χ1n) is 6.76. The van der Waals surface area contributed by atoms with E-state index in [2.05, 4.69) is 5.32 Å². The number of halogens is 1. The van der Waals surface area contributed by atoms with Crippen LogP contribution >= 0.6 is 11.6 Å². The van der Waals surface area contributed by atoms with Gasteiger partial charge in [0.2, 0.25) is 5.91 Å². The average molecular weight is 312 g/mol. The molecular weight excluding hydrogens is 294 g/mol. The minimum absolute atomic E-state index is 0.302. The van der Waals surface area contributed by atoms with Gasteiger partial charge in [-0.2, -0.15) is 0 Å². The lowest BCUT2D eigenvalue weighted by Crippen LogP contribution is -2.46. The van der Waals surface area contributed by atoms with Crippen molar-refractivity contribution in [3.8, 4) is 0 Å². The number of benzene rings is 1.